The summed E-state index contributed by atoms with van der Waals surface area (Å²) in [5.74, 6) is 2.92. The molecule has 1 aliphatic carbocycles. The van der Waals surface area contributed by atoms with Crippen molar-refractivity contribution in [2.45, 2.75) is 51.7 Å². The van der Waals surface area contributed by atoms with Crippen LogP contribution in [0.15, 0.2) is 17.1 Å². The van der Waals surface area contributed by atoms with E-state index < -0.39 is 0 Å². The highest BCUT2D eigenvalue weighted by Crippen LogP contribution is 2.47. The summed E-state index contributed by atoms with van der Waals surface area (Å²) in [6, 6.07) is 4.24. The SMILES string of the molecule is CN=C(NCc1cc2c(cc1OC)CC(C)O2)N1CCC2(CCC2)C1. The smallest absolute Gasteiger partial charge is 0.193 e. The van der Waals surface area contributed by atoms with Gasteiger partial charge < -0.3 is 19.7 Å². The van der Waals surface area contributed by atoms with Gasteiger partial charge in [0, 0.05) is 44.2 Å². The number of nitrogens with zero attached hydrogens (tertiary/aromatic N) is 2. The maximum atomic E-state index is 5.91. The Morgan fingerprint density at radius 2 is 2.24 bits per heavy atom. The lowest BCUT2D eigenvalue weighted by Crippen LogP contribution is -2.42. The average Bonchev–Trinajstić information content (AvgIpc) is 3.17. The summed E-state index contributed by atoms with van der Waals surface area (Å²) in [7, 11) is 3.61. The second-order valence-corrected chi connectivity index (χ2v) is 7.83. The van der Waals surface area contributed by atoms with Gasteiger partial charge in [0.15, 0.2) is 5.96 Å². The van der Waals surface area contributed by atoms with Gasteiger partial charge in [-0.25, -0.2) is 0 Å². The van der Waals surface area contributed by atoms with Crippen LogP contribution in [-0.2, 0) is 13.0 Å². The lowest BCUT2D eigenvalue weighted by atomic mass is 9.68. The van der Waals surface area contributed by atoms with Crippen molar-refractivity contribution < 1.29 is 9.47 Å². The molecule has 2 aliphatic heterocycles. The molecule has 1 atom stereocenters. The number of fused-ring (bicyclic) bond motifs is 1. The van der Waals surface area contributed by atoms with Gasteiger partial charge in [-0.1, -0.05) is 6.42 Å². The van der Waals surface area contributed by atoms with Crippen LogP contribution >= 0.6 is 0 Å². The highest BCUT2D eigenvalue weighted by Gasteiger charge is 2.43. The molecule has 1 spiro atoms. The molecule has 1 aromatic carbocycles. The van der Waals surface area contributed by atoms with Gasteiger partial charge in [-0.15, -0.1) is 0 Å². The van der Waals surface area contributed by atoms with Crippen LogP contribution in [0.1, 0.15) is 43.7 Å². The summed E-state index contributed by atoms with van der Waals surface area (Å²) in [4.78, 5) is 6.92. The van der Waals surface area contributed by atoms with Crippen LogP contribution in [0, 0.1) is 5.41 Å². The minimum atomic E-state index is 0.249. The Balaban J connectivity index is 1.44. The predicted octanol–water partition coefficient (Wildman–Crippen LogP) is 2.97. The highest BCUT2D eigenvalue weighted by molar-refractivity contribution is 5.80. The summed E-state index contributed by atoms with van der Waals surface area (Å²) in [5.41, 5.74) is 2.94. The number of guanidine groups is 1. The van der Waals surface area contributed by atoms with Crippen LogP contribution in [0.5, 0.6) is 11.5 Å². The van der Waals surface area contributed by atoms with Crippen molar-refractivity contribution in [2.75, 3.05) is 27.2 Å². The lowest BCUT2D eigenvalue weighted by Gasteiger charge is -2.38. The van der Waals surface area contributed by atoms with Gasteiger partial charge >= 0.3 is 0 Å². The van der Waals surface area contributed by atoms with E-state index in [1.165, 1.54) is 31.2 Å². The first-order valence-electron chi connectivity index (χ1n) is 9.44. The lowest BCUT2D eigenvalue weighted by molar-refractivity contribution is 0.151. The molecule has 0 radical (unpaired) electrons. The summed E-state index contributed by atoms with van der Waals surface area (Å²) < 4.78 is 11.5. The van der Waals surface area contributed by atoms with E-state index in [4.69, 9.17) is 9.47 Å². The van der Waals surface area contributed by atoms with E-state index in [1.54, 1.807) is 7.11 Å². The zero-order valence-corrected chi connectivity index (χ0v) is 15.6. The Kier molecular flexibility index (Phi) is 4.26. The topological polar surface area (TPSA) is 46.1 Å². The number of methoxy groups -OCH3 is 1. The third-order valence-corrected chi connectivity index (χ3v) is 6.10. The minimum Gasteiger partial charge on any atom is -0.496 e. The van der Waals surface area contributed by atoms with E-state index in [-0.39, 0.29) is 6.10 Å². The van der Waals surface area contributed by atoms with Gasteiger partial charge in [0.2, 0.25) is 0 Å². The van der Waals surface area contributed by atoms with Crippen molar-refractivity contribution in [1.29, 1.82) is 0 Å². The third kappa shape index (κ3) is 3.05. The number of benzene rings is 1. The molecule has 0 aromatic heterocycles. The molecule has 1 saturated heterocycles. The molecule has 4 rings (SSSR count). The normalized spacial score (nSPS) is 24.0. The van der Waals surface area contributed by atoms with Crippen molar-refractivity contribution in [3.63, 3.8) is 0 Å². The molecule has 2 heterocycles. The number of aliphatic imine (C=N–C) groups is 1. The van der Waals surface area contributed by atoms with Gasteiger partial charge in [0.05, 0.1) is 7.11 Å². The van der Waals surface area contributed by atoms with Gasteiger partial charge in [-0.2, -0.15) is 0 Å². The molecule has 3 aliphatic rings. The summed E-state index contributed by atoms with van der Waals surface area (Å²) in [5, 5.41) is 3.53. The Hall–Kier alpha value is -1.91. The largest absolute Gasteiger partial charge is 0.496 e. The fourth-order valence-electron chi connectivity index (χ4n) is 4.52. The summed E-state index contributed by atoms with van der Waals surface area (Å²) >= 11 is 0. The minimum absolute atomic E-state index is 0.249. The molecule has 5 heteroatoms. The van der Waals surface area contributed by atoms with Gasteiger partial charge in [-0.3, -0.25) is 4.99 Å². The van der Waals surface area contributed by atoms with Gasteiger partial charge in [-0.05, 0) is 43.7 Å². The number of ether oxygens (including phenoxy) is 2. The second kappa shape index (κ2) is 6.43. The Bertz CT molecular complexity index is 682. The second-order valence-electron chi connectivity index (χ2n) is 7.83. The molecule has 1 unspecified atom stereocenters. The molecule has 0 bridgehead atoms. The van der Waals surface area contributed by atoms with Crippen LogP contribution in [0.3, 0.4) is 0 Å². The Labute approximate surface area is 150 Å². The zero-order chi connectivity index (χ0) is 17.4. The number of rotatable bonds is 3. The molecule has 2 fully saturated rings. The average molecular weight is 343 g/mol. The van der Waals surface area contributed by atoms with Gasteiger partial charge in [0.1, 0.15) is 17.6 Å². The number of nitrogens with one attached hydrogen (secondary N) is 1. The van der Waals surface area contributed by atoms with Crippen molar-refractivity contribution in [3.05, 3.63) is 23.3 Å². The molecule has 1 saturated carbocycles. The maximum absolute atomic E-state index is 5.91. The quantitative estimate of drug-likeness (QED) is 0.677. The molecule has 1 aromatic rings. The van der Waals surface area contributed by atoms with Crippen LogP contribution in [0.2, 0.25) is 0 Å². The van der Waals surface area contributed by atoms with Gasteiger partial charge in [0.25, 0.3) is 0 Å². The van der Waals surface area contributed by atoms with Crippen molar-refractivity contribution in [1.82, 2.24) is 10.2 Å². The molecule has 0 amide bonds. The van der Waals surface area contributed by atoms with Crippen LogP contribution in [0.4, 0.5) is 0 Å². The molecule has 136 valence electrons. The fraction of sp³-hybridized carbons (Fsp3) is 0.650. The third-order valence-electron chi connectivity index (χ3n) is 6.10. The first kappa shape index (κ1) is 16.6. The molecule has 5 nitrogen and oxygen atoms in total. The predicted molar refractivity (Wildman–Crippen MR) is 99.5 cm³/mol. The van der Waals surface area contributed by atoms with Crippen LogP contribution in [-0.4, -0.2) is 44.2 Å². The molecular formula is C20H29N3O2. The number of hydrogen-bond donors (Lipinski definition) is 1. The zero-order valence-electron chi connectivity index (χ0n) is 15.6. The number of likely N-dealkylation sites (tertiary alicyclic amines) is 1. The van der Waals surface area contributed by atoms with E-state index >= 15 is 0 Å². The van der Waals surface area contributed by atoms with E-state index in [0.717, 1.165) is 42.5 Å². The Morgan fingerprint density at radius 1 is 1.40 bits per heavy atom. The summed E-state index contributed by atoms with van der Waals surface area (Å²) in [6.07, 6.45) is 6.67. The molecular weight excluding hydrogens is 314 g/mol. The molecule has 1 N–H and O–H groups in total. The molecule has 25 heavy (non-hydrogen) atoms. The van der Waals surface area contributed by atoms with Crippen molar-refractivity contribution in [3.8, 4) is 11.5 Å². The van der Waals surface area contributed by atoms with Crippen molar-refractivity contribution in [2.24, 2.45) is 10.4 Å². The van der Waals surface area contributed by atoms with Crippen molar-refractivity contribution >= 4 is 5.96 Å². The fourth-order valence-corrected chi connectivity index (χ4v) is 4.52. The maximum Gasteiger partial charge on any atom is 0.193 e. The monoisotopic (exact) mass is 343 g/mol. The summed E-state index contributed by atoms with van der Waals surface area (Å²) in [6.45, 7) is 5.07. The highest BCUT2D eigenvalue weighted by atomic mass is 16.5. The Morgan fingerprint density at radius 3 is 2.88 bits per heavy atom. The first-order chi connectivity index (χ1) is 12.1. The van der Waals surface area contributed by atoms with Crippen LogP contribution in [0.25, 0.3) is 0 Å². The number of hydrogen-bond acceptors (Lipinski definition) is 3. The van der Waals surface area contributed by atoms with E-state index in [9.17, 15) is 0 Å². The van der Waals surface area contributed by atoms with E-state index in [0.29, 0.717) is 12.0 Å². The van der Waals surface area contributed by atoms with Crippen LogP contribution < -0.4 is 14.8 Å². The first-order valence-corrected chi connectivity index (χ1v) is 9.44. The standard InChI is InChI=1S/C20H29N3O2/c1-14-9-15-10-17(24-3)16(11-18(15)25-14)12-22-19(21-2)23-8-7-20(13-23)5-4-6-20/h10-11,14H,4-9,12-13H2,1-3H3,(H,21,22). The van der Waals surface area contributed by atoms with E-state index in [2.05, 4.69) is 34.3 Å². The van der Waals surface area contributed by atoms with E-state index in [1.807, 2.05) is 7.05 Å².